The largest absolute Gasteiger partial charge is 0.493 e. The molecule has 0 aliphatic rings. The number of nitrogens with one attached hydrogen (secondary N) is 1. The Hall–Kier alpha value is -2.01. The summed E-state index contributed by atoms with van der Waals surface area (Å²) in [5, 5.41) is 13.6. The van der Waals surface area contributed by atoms with E-state index in [4.69, 9.17) is 9.15 Å². The smallest absolute Gasteiger partial charge is 0.287 e. The third-order valence-electron chi connectivity index (χ3n) is 4.02. The summed E-state index contributed by atoms with van der Waals surface area (Å²) in [6.45, 7) is 4.29. The average molecular weight is 305 g/mol. The zero-order valence-corrected chi connectivity index (χ0v) is 13.3. The van der Waals surface area contributed by atoms with Crippen LogP contribution in [0.4, 0.5) is 0 Å². The Morgan fingerprint density at radius 3 is 2.73 bits per heavy atom. The number of ether oxygens (including phenoxy) is 1. The number of amides is 1. The van der Waals surface area contributed by atoms with Crippen LogP contribution in [0, 0.1) is 5.92 Å². The van der Waals surface area contributed by atoms with Gasteiger partial charge in [-0.25, -0.2) is 0 Å². The maximum Gasteiger partial charge on any atom is 0.287 e. The lowest BCUT2D eigenvalue weighted by Crippen LogP contribution is -2.35. The van der Waals surface area contributed by atoms with Gasteiger partial charge < -0.3 is 19.6 Å². The van der Waals surface area contributed by atoms with Gasteiger partial charge in [0.1, 0.15) is 0 Å². The fraction of sp³-hybridized carbons (Fsp3) is 0.471. The number of hydrogen-bond acceptors (Lipinski definition) is 4. The molecule has 1 heterocycles. The number of fused-ring (bicyclic) bond motifs is 1. The predicted molar refractivity (Wildman–Crippen MR) is 85.2 cm³/mol. The van der Waals surface area contributed by atoms with Crippen molar-refractivity contribution < 1.29 is 19.1 Å². The highest BCUT2D eigenvalue weighted by Crippen LogP contribution is 2.28. The van der Waals surface area contributed by atoms with Crippen molar-refractivity contribution in [1.29, 1.82) is 0 Å². The first kappa shape index (κ1) is 16.4. The summed E-state index contributed by atoms with van der Waals surface area (Å²) in [6.07, 6.45) is 1.22. The van der Waals surface area contributed by atoms with Gasteiger partial charge in [-0.2, -0.15) is 0 Å². The molecule has 1 amide bonds. The van der Waals surface area contributed by atoms with Gasteiger partial charge in [0.15, 0.2) is 17.1 Å². The van der Waals surface area contributed by atoms with E-state index in [1.165, 1.54) is 0 Å². The molecule has 0 saturated heterocycles. The van der Waals surface area contributed by atoms with E-state index in [1.54, 1.807) is 19.2 Å². The molecule has 0 spiro atoms. The Bertz CT molecular complexity index is 631. The second-order valence-corrected chi connectivity index (χ2v) is 5.34. The Labute approximate surface area is 130 Å². The number of carbonyl (C=O) groups excluding carboxylic acids is 1. The number of carbonyl (C=O) groups is 1. The van der Waals surface area contributed by atoms with Crippen molar-refractivity contribution in [3.63, 3.8) is 0 Å². The lowest BCUT2D eigenvalue weighted by atomic mass is 9.96. The minimum atomic E-state index is -0.544. The third-order valence-corrected chi connectivity index (χ3v) is 4.02. The zero-order chi connectivity index (χ0) is 16.1. The van der Waals surface area contributed by atoms with E-state index in [0.29, 0.717) is 11.3 Å². The summed E-state index contributed by atoms with van der Waals surface area (Å²) in [4.78, 5) is 12.2. The quantitative estimate of drug-likeness (QED) is 0.825. The maximum atomic E-state index is 12.2. The molecule has 2 N–H and O–H groups in total. The third kappa shape index (κ3) is 3.42. The van der Waals surface area contributed by atoms with Gasteiger partial charge in [-0.1, -0.05) is 38.8 Å². The normalized spacial score (nSPS) is 12.6. The van der Waals surface area contributed by atoms with Crippen molar-refractivity contribution in [2.75, 3.05) is 13.7 Å². The van der Waals surface area contributed by atoms with Gasteiger partial charge in [0.05, 0.1) is 13.2 Å². The molecule has 2 rings (SSSR count). The second kappa shape index (κ2) is 7.31. The minimum Gasteiger partial charge on any atom is -0.493 e. The van der Waals surface area contributed by atoms with E-state index in [9.17, 15) is 9.90 Å². The van der Waals surface area contributed by atoms with Crippen molar-refractivity contribution in [3.8, 4) is 5.75 Å². The van der Waals surface area contributed by atoms with Crippen LogP contribution >= 0.6 is 0 Å². The van der Waals surface area contributed by atoms with Crippen LogP contribution in [0.15, 0.2) is 28.7 Å². The van der Waals surface area contributed by atoms with Crippen LogP contribution < -0.4 is 10.1 Å². The molecule has 0 fully saturated rings. The molecular weight excluding hydrogens is 282 g/mol. The highest BCUT2D eigenvalue weighted by atomic mass is 16.5. The summed E-state index contributed by atoms with van der Waals surface area (Å²) in [6, 6.07) is 7.16. The first-order valence-electron chi connectivity index (χ1n) is 7.63. The number of rotatable bonds is 7. The Morgan fingerprint density at radius 1 is 1.36 bits per heavy atom. The Morgan fingerprint density at radius 2 is 2.09 bits per heavy atom. The summed E-state index contributed by atoms with van der Waals surface area (Å²) < 4.78 is 10.8. The molecular formula is C17H23NO4. The fourth-order valence-corrected chi connectivity index (χ4v) is 2.59. The Balaban J connectivity index is 2.07. The van der Waals surface area contributed by atoms with Crippen LogP contribution in [0.25, 0.3) is 11.0 Å². The molecule has 0 saturated carbocycles. The number of para-hydroxylation sites is 1. The minimum absolute atomic E-state index is 0.191. The first-order valence-corrected chi connectivity index (χ1v) is 7.63. The fourth-order valence-electron chi connectivity index (χ4n) is 2.59. The van der Waals surface area contributed by atoms with Crippen molar-refractivity contribution >= 4 is 16.9 Å². The standard InChI is InChI=1S/C17H23NO4/c1-4-11(5-2)13(19)10-18-17(20)15-9-12-7-6-8-14(21-3)16(12)22-15/h6-9,11,13,19H,4-5,10H2,1-3H3,(H,18,20). The summed E-state index contributed by atoms with van der Waals surface area (Å²) in [5.74, 6) is 0.671. The molecule has 1 aromatic carbocycles. The van der Waals surface area contributed by atoms with E-state index < -0.39 is 6.10 Å². The molecule has 0 aliphatic carbocycles. The van der Waals surface area contributed by atoms with Crippen molar-refractivity contribution in [1.82, 2.24) is 5.32 Å². The van der Waals surface area contributed by atoms with Crippen molar-refractivity contribution in [3.05, 3.63) is 30.0 Å². The molecule has 5 heteroatoms. The number of benzene rings is 1. The van der Waals surface area contributed by atoms with Gasteiger partial charge in [-0.05, 0) is 18.1 Å². The van der Waals surface area contributed by atoms with E-state index in [0.717, 1.165) is 18.2 Å². The number of furan rings is 1. The lowest BCUT2D eigenvalue weighted by Gasteiger charge is -2.19. The van der Waals surface area contributed by atoms with Crippen molar-refractivity contribution in [2.45, 2.75) is 32.8 Å². The van der Waals surface area contributed by atoms with E-state index in [-0.39, 0.29) is 24.1 Å². The molecule has 120 valence electrons. The van der Waals surface area contributed by atoms with E-state index in [2.05, 4.69) is 5.32 Å². The SMILES string of the molecule is CCC(CC)C(O)CNC(=O)c1cc2cccc(OC)c2o1. The summed E-state index contributed by atoms with van der Waals surface area (Å²) in [5.41, 5.74) is 0.552. The van der Waals surface area contributed by atoms with E-state index in [1.807, 2.05) is 26.0 Å². The van der Waals surface area contributed by atoms with Crippen molar-refractivity contribution in [2.24, 2.45) is 5.92 Å². The summed E-state index contributed by atoms with van der Waals surface area (Å²) in [7, 11) is 1.56. The van der Waals surface area contributed by atoms with Gasteiger partial charge in [0.2, 0.25) is 0 Å². The first-order chi connectivity index (χ1) is 10.6. The van der Waals surface area contributed by atoms with Crippen LogP contribution in [0.1, 0.15) is 37.2 Å². The summed E-state index contributed by atoms with van der Waals surface area (Å²) >= 11 is 0. The predicted octanol–water partition coefficient (Wildman–Crippen LogP) is 2.97. The van der Waals surface area contributed by atoms with Gasteiger partial charge >= 0.3 is 0 Å². The molecule has 22 heavy (non-hydrogen) atoms. The number of hydrogen-bond donors (Lipinski definition) is 2. The van der Waals surface area contributed by atoms with Crippen LogP contribution in [-0.4, -0.2) is 30.8 Å². The van der Waals surface area contributed by atoms with Gasteiger partial charge in [0, 0.05) is 11.9 Å². The van der Waals surface area contributed by atoms with E-state index >= 15 is 0 Å². The molecule has 0 bridgehead atoms. The van der Waals surface area contributed by atoms with Gasteiger partial charge in [0.25, 0.3) is 5.91 Å². The van der Waals surface area contributed by atoms with Crippen LogP contribution in [0.5, 0.6) is 5.75 Å². The van der Waals surface area contributed by atoms with Gasteiger partial charge in [-0.3, -0.25) is 4.79 Å². The molecule has 1 atom stereocenters. The molecule has 0 aliphatic heterocycles. The topological polar surface area (TPSA) is 71.7 Å². The molecule has 0 radical (unpaired) electrons. The highest BCUT2D eigenvalue weighted by molar-refractivity contribution is 5.97. The van der Waals surface area contributed by atoms with Gasteiger partial charge in [-0.15, -0.1) is 0 Å². The number of methoxy groups -OCH3 is 1. The maximum absolute atomic E-state index is 12.2. The highest BCUT2D eigenvalue weighted by Gasteiger charge is 2.19. The lowest BCUT2D eigenvalue weighted by molar-refractivity contribution is 0.0798. The zero-order valence-electron chi connectivity index (χ0n) is 13.3. The molecule has 5 nitrogen and oxygen atoms in total. The second-order valence-electron chi connectivity index (χ2n) is 5.34. The number of aliphatic hydroxyl groups is 1. The van der Waals surface area contributed by atoms with Crippen LogP contribution in [0.3, 0.4) is 0 Å². The molecule has 2 aromatic rings. The average Bonchev–Trinajstić information content (AvgIpc) is 2.97. The molecule has 1 aromatic heterocycles. The molecule has 1 unspecified atom stereocenters. The number of aliphatic hydroxyl groups excluding tert-OH is 1. The Kier molecular flexibility index (Phi) is 5.44. The van der Waals surface area contributed by atoms with Crippen LogP contribution in [0.2, 0.25) is 0 Å². The monoisotopic (exact) mass is 305 g/mol. The van der Waals surface area contributed by atoms with Crippen LogP contribution in [-0.2, 0) is 0 Å².